The molecule has 2 aromatic rings. The zero-order valence-corrected chi connectivity index (χ0v) is 17.5. The number of nitrogens with one attached hydrogen (secondary N) is 3. The number of carbonyl (C=O) groups excluding carboxylic acids is 3. The molecule has 0 bridgehead atoms. The summed E-state index contributed by atoms with van der Waals surface area (Å²) in [5.74, 6) is -1.49. The van der Waals surface area contributed by atoms with E-state index in [1.54, 1.807) is 13.0 Å². The molecule has 4 N–H and O–H groups in total. The lowest BCUT2D eigenvalue weighted by Crippen LogP contribution is -2.32. The fourth-order valence-corrected chi connectivity index (χ4v) is 3.36. The Hall–Kier alpha value is -3.26. The zero-order valence-electron chi connectivity index (χ0n) is 16.8. The van der Waals surface area contributed by atoms with Crippen LogP contribution in [-0.2, 0) is 14.4 Å². The first-order valence-electron chi connectivity index (χ1n) is 9.39. The first kappa shape index (κ1) is 21.4. The Morgan fingerprint density at radius 2 is 1.87 bits per heavy atom. The molecule has 30 heavy (non-hydrogen) atoms. The first-order valence-corrected chi connectivity index (χ1v) is 9.77. The van der Waals surface area contributed by atoms with Gasteiger partial charge in [-0.15, -0.1) is 0 Å². The highest BCUT2D eigenvalue weighted by molar-refractivity contribution is 6.36. The SMILES string of the molecule is CCC(Oc1ccc(C)cc1C)C(=O)Nc1cc(Cl)c2c(c1O)NC(=O)CC(=O)N2. The van der Waals surface area contributed by atoms with Gasteiger partial charge in [-0.3, -0.25) is 14.4 Å². The number of amides is 3. The number of phenols is 1. The molecule has 158 valence electrons. The predicted octanol–water partition coefficient (Wildman–Crippen LogP) is 3.74. The fraction of sp³-hybridized carbons (Fsp3) is 0.286. The third kappa shape index (κ3) is 4.49. The number of fused-ring (bicyclic) bond motifs is 1. The number of rotatable bonds is 5. The van der Waals surface area contributed by atoms with Gasteiger partial charge >= 0.3 is 0 Å². The lowest BCUT2D eigenvalue weighted by molar-refractivity contribution is -0.124. The maximum atomic E-state index is 12.8. The number of carbonyl (C=O) groups is 3. The summed E-state index contributed by atoms with van der Waals surface area (Å²) in [6, 6.07) is 6.95. The molecule has 0 fully saturated rings. The van der Waals surface area contributed by atoms with Gasteiger partial charge in [-0.2, -0.15) is 0 Å². The van der Waals surface area contributed by atoms with Crippen molar-refractivity contribution >= 4 is 46.4 Å². The molecular weight excluding hydrogens is 410 g/mol. The Balaban J connectivity index is 1.86. The fourth-order valence-electron chi connectivity index (χ4n) is 3.11. The van der Waals surface area contributed by atoms with Gasteiger partial charge in [0.2, 0.25) is 11.8 Å². The molecule has 0 saturated heterocycles. The third-order valence-corrected chi connectivity index (χ3v) is 4.92. The quantitative estimate of drug-likeness (QED) is 0.425. The normalized spacial score (nSPS) is 14.1. The number of ether oxygens (including phenoxy) is 1. The summed E-state index contributed by atoms with van der Waals surface area (Å²) in [4.78, 5) is 36.4. The monoisotopic (exact) mass is 431 g/mol. The Kier molecular flexibility index (Phi) is 6.17. The van der Waals surface area contributed by atoms with E-state index in [2.05, 4.69) is 16.0 Å². The Morgan fingerprint density at radius 1 is 1.20 bits per heavy atom. The highest BCUT2D eigenvalue weighted by Gasteiger charge is 2.27. The van der Waals surface area contributed by atoms with Crippen molar-refractivity contribution in [2.24, 2.45) is 0 Å². The van der Waals surface area contributed by atoms with E-state index in [0.29, 0.717) is 12.2 Å². The van der Waals surface area contributed by atoms with Crippen molar-refractivity contribution in [1.29, 1.82) is 0 Å². The number of anilines is 3. The molecule has 0 spiro atoms. The minimum Gasteiger partial charge on any atom is -0.504 e. The highest BCUT2D eigenvalue weighted by Crippen LogP contribution is 2.44. The van der Waals surface area contributed by atoms with Gasteiger partial charge in [0.15, 0.2) is 11.9 Å². The average Bonchev–Trinajstić information content (AvgIpc) is 2.83. The maximum Gasteiger partial charge on any atom is 0.265 e. The maximum absolute atomic E-state index is 12.8. The number of hydrogen-bond donors (Lipinski definition) is 4. The molecule has 0 aliphatic carbocycles. The van der Waals surface area contributed by atoms with Crippen molar-refractivity contribution in [2.45, 2.75) is 39.7 Å². The number of aromatic hydroxyl groups is 1. The van der Waals surface area contributed by atoms with Crippen LogP contribution in [0.3, 0.4) is 0 Å². The summed E-state index contributed by atoms with van der Waals surface area (Å²) in [7, 11) is 0. The molecule has 1 unspecified atom stereocenters. The van der Waals surface area contributed by atoms with Crippen LogP contribution in [0.2, 0.25) is 5.02 Å². The molecule has 1 atom stereocenters. The number of aryl methyl sites for hydroxylation is 2. The smallest absolute Gasteiger partial charge is 0.265 e. The van der Waals surface area contributed by atoms with Gasteiger partial charge in [0.25, 0.3) is 5.91 Å². The zero-order chi connectivity index (χ0) is 22.0. The van der Waals surface area contributed by atoms with Gasteiger partial charge in [0, 0.05) is 0 Å². The lowest BCUT2D eigenvalue weighted by Gasteiger charge is -2.20. The molecule has 9 heteroatoms. The van der Waals surface area contributed by atoms with Crippen molar-refractivity contribution in [3.8, 4) is 11.5 Å². The van der Waals surface area contributed by atoms with E-state index in [4.69, 9.17) is 16.3 Å². The summed E-state index contributed by atoms with van der Waals surface area (Å²) in [6.45, 7) is 5.65. The minimum absolute atomic E-state index is 0.0112. The summed E-state index contributed by atoms with van der Waals surface area (Å²) in [5.41, 5.74) is 1.97. The van der Waals surface area contributed by atoms with Crippen molar-refractivity contribution in [3.05, 3.63) is 40.4 Å². The third-order valence-electron chi connectivity index (χ3n) is 4.62. The Labute approximate surface area is 178 Å². The molecule has 1 aliphatic heterocycles. The van der Waals surface area contributed by atoms with E-state index in [-0.39, 0.29) is 22.1 Å². The first-order chi connectivity index (χ1) is 14.2. The number of phenolic OH excluding ortho intramolecular Hbond substituents is 1. The van der Waals surface area contributed by atoms with E-state index in [1.165, 1.54) is 6.07 Å². The molecule has 0 saturated carbocycles. The number of benzene rings is 2. The molecule has 1 aliphatic rings. The number of hydrogen-bond acceptors (Lipinski definition) is 5. The van der Waals surface area contributed by atoms with Gasteiger partial charge in [-0.25, -0.2) is 0 Å². The second-order valence-corrected chi connectivity index (χ2v) is 7.46. The van der Waals surface area contributed by atoms with E-state index in [9.17, 15) is 19.5 Å². The van der Waals surface area contributed by atoms with E-state index in [1.807, 2.05) is 26.0 Å². The predicted molar refractivity (Wildman–Crippen MR) is 114 cm³/mol. The van der Waals surface area contributed by atoms with Gasteiger partial charge in [-0.1, -0.05) is 36.2 Å². The molecule has 3 rings (SSSR count). The van der Waals surface area contributed by atoms with E-state index in [0.717, 1.165) is 11.1 Å². The minimum atomic E-state index is -0.822. The molecule has 0 aromatic heterocycles. The van der Waals surface area contributed by atoms with Crippen molar-refractivity contribution < 1.29 is 24.2 Å². The van der Waals surface area contributed by atoms with Gasteiger partial charge in [0.05, 0.1) is 16.4 Å². The summed E-state index contributed by atoms with van der Waals surface area (Å²) >= 11 is 6.21. The van der Waals surface area contributed by atoms with Crippen LogP contribution < -0.4 is 20.7 Å². The van der Waals surface area contributed by atoms with Crippen molar-refractivity contribution in [3.63, 3.8) is 0 Å². The highest BCUT2D eigenvalue weighted by atomic mass is 35.5. The average molecular weight is 432 g/mol. The lowest BCUT2D eigenvalue weighted by atomic mass is 10.1. The van der Waals surface area contributed by atoms with Crippen LogP contribution in [0.25, 0.3) is 0 Å². The van der Waals surface area contributed by atoms with Crippen molar-refractivity contribution in [1.82, 2.24) is 0 Å². The van der Waals surface area contributed by atoms with Gasteiger partial charge in [0.1, 0.15) is 17.9 Å². The standard InChI is InChI=1S/C21H22ClN3O5/c1-4-14(30-15-6-5-10(2)7-11(15)3)21(29)23-13-8-12(22)18-19(20(13)28)25-17(27)9-16(26)24-18/h5-8,14,28H,4,9H2,1-3H3,(H,23,29)(H,24,26)(H,25,27). The van der Waals surface area contributed by atoms with E-state index >= 15 is 0 Å². The van der Waals surface area contributed by atoms with Gasteiger partial charge in [-0.05, 0) is 38.0 Å². The second-order valence-electron chi connectivity index (χ2n) is 7.05. The molecular formula is C21H22ClN3O5. The molecule has 8 nitrogen and oxygen atoms in total. The molecule has 3 amide bonds. The Bertz CT molecular complexity index is 1040. The van der Waals surface area contributed by atoms with Crippen LogP contribution in [0.4, 0.5) is 17.1 Å². The largest absolute Gasteiger partial charge is 0.504 e. The summed E-state index contributed by atoms with van der Waals surface area (Å²) in [6.07, 6.45) is -0.850. The summed E-state index contributed by atoms with van der Waals surface area (Å²) < 4.78 is 5.86. The van der Waals surface area contributed by atoms with Crippen molar-refractivity contribution in [2.75, 3.05) is 16.0 Å². The van der Waals surface area contributed by atoms with Crippen LogP contribution in [0, 0.1) is 13.8 Å². The Morgan fingerprint density at radius 3 is 2.50 bits per heavy atom. The molecule has 2 aromatic carbocycles. The second kappa shape index (κ2) is 8.62. The van der Waals surface area contributed by atoms with Crippen LogP contribution in [-0.4, -0.2) is 28.9 Å². The van der Waals surface area contributed by atoms with E-state index < -0.39 is 36.0 Å². The number of halogens is 1. The molecule has 0 radical (unpaired) electrons. The molecule has 1 heterocycles. The topological polar surface area (TPSA) is 117 Å². The summed E-state index contributed by atoms with van der Waals surface area (Å²) in [5, 5.41) is 18.1. The van der Waals surface area contributed by atoms with Crippen LogP contribution in [0.15, 0.2) is 24.3 Å². The van der Waals surface area contributed by atoms with Crippen LogP contribution >= 0.6 is 11.6 Å². The van der Waals surface area contributed by atoms with Crippen LogP contribution in [0.5, 0.6) is 11.5 Å². The van der Waals surface area contributed by atoms with Crippen LogP contribution in [0.1, 0.15) is 30.9 Å². The van der Waals surface area contributed by atoms with Gasteiger partial charge < -0.3 is 25.8 Å².